The minimum Gasteiger partial charge on any atom is -0.387 e. The van der Waals surface area contributed by atoms with E-state index >= 15 is 0 Å². The Morgan fingerprint density at radius 2 is 2.07 bits per heavy atom. The first-order chi connectivity index (χ1) is 7.04. The molecule has 1 saturated heterocycles. The molecule has 1 aromatic rings. The summed E-state index contributed by atoms with van der Waals surface area (Å²) in [5.74, 6) is 1.89. The average Bonchev–Trinajstić information content (AvgIpc) is 2.47. The van der Waals surface area contributed by atoms with Gasteiger partial charge >= 0.3 is 0 Å². The van der Waals surface area contributed by atoms with E-state index < -0.39 is 5.60 Å². The highest BCUT2D eigenvalue weighted by Crippen LogP contribution is 2.25. The van der Waals surface area contributed by atoms with Crippen LogP contribution < -0.4 is 0 Å². The molecular weight excluding hydrogens is 192 g/mol. The Morgan fingerprint density at radius 1 is 1.40 bits per heavy atom. The second-order valence-corrected chi connectivity index (χ2v) is 4.45. The lowest BCUT2D eigenvalue weighted by molar-refractivity contribution is -0.104. The topological polar surface area (TPSA) is 54.2 Å². The van der Waals surface area contributed by atoms with Gasteiger partial charge in [-0.2, -0.15) is 0 Å². The number of likely N-dealkylation sites (tertiary alicyclic amines) is 1. The van der Waals surface area contributed by atoms with E-state index in [-0.39, 0.29) is 0 Å². The predicted octanol–water partition coefficient (Wildman–Crippen LogP) is 0.0802. The molecule has 84 valence electrons. The van der Waals surface area contributed by atoms with Gasteiger partial charge in [0.25, 0.3) is 0 Å². The third-order valence-electron chi connectivity index (χ3n) is 3.24. The summed E-state index contributed by atoms with van der Waals surface area (Å²) in [6, 6.07) is 0. The third kappa shape index (κ3) is 1.89. The first-order valence-electron chi connectivity index (χ1n) is 5.34. The van der Waals surface area contributed by atoms with E-state index in [9.17, 15) is 5.11 Å². The highest BCUT2D eigenvalue weighted by molar-refractivity contribution is 4.99. The van der Waals surface area contributed by atoms with Crippen molar-refractivity contribution in [2.24, 2.45) is 7.05 Å². The van der Waals surface area contributed by atoms with Crippen LogP contribution in [0.5, 0.6) is 0 Å². The summed E-state index contributed by atoms with van der Waals surface area (Å²) in [5, 5.41) is 18.0. The van der Waals surface area contributed by atoms with Gasteiger partial charge in [0.05, 0.1) is 12.1 Å². The van der Waals surface area contributed by atoms with Crippen LogP contribution in [-0.4, -0.2) is 43.5 Å². The van der Waals surface area contributed by atoms with Crippen molar-refractivity contribution in [3.8, 4) is 0 Å². The average molecular weight is 210 g/mol. The molecule has 0 amide bonds. The normalized spacial score (nSPS) is 20.3. The second kappa shape index (κ2) is 3.57. The van der Waals surface area contributed by atoms with Gasteiger partial charge < -0.3 is 9.67 Å². The zero-order valence-corrected chi connectivity index (χ0v) is 9.56. The van der Waals surface area contributed by atoms with Gasteiger partial charge in [-0.3, -0.25) is 4.90 Å². The Hall–Kier alpha value is -0.940. The van der Waals surface area contributed by atoms with Crippen molar-refractivity contribution in [2.45, 2.75) is 32.4 Å². The molecule has 0 saturated carbocycles. The van der Waals surface area contributed by atoms with Crippen LogP contribution in [0.1, 0.15) is 25.0 Å². The smallest absolute Gasteiger partial charge is 0.146 e. The highest BCUT2D eigenvalue weighted by Gasteiger charge is 2.39. The van der Waals surface area contributed by atoms with E-state index in [0.29, 0.717) is 0 Å². The van der Waals surface area contributed by atoms with Gasteiger partial charge in [0.2, 0.25) is 0 Å². The zero-order chi connectivity index (χ0) is 11.1. The van der Waals surface area contributed by atoms with Crippen molar-refractivity contribution in [2.75, 3.05) is 13.1 Å². The molecule has 5 nitrogen and oxygen atoms in total. The molecule has 0 radical (unpaired) electrons. The lowest BCUT2D eigenvalue weighted by atomic mass is 9.91. The number of aliphatic hydroxyl groups is 1. The molecule has 2 rings (SSSR count). The third-order valence-corrected chi connectivity index (χ3v) is 3.24. The summed E-state index contributed by atoms with van der Waals surface area (Å²) < 4.78 is 1.99. The fourth-order valence-electron chi connectivity index (χ4n) is 1.91. The number of hydrogen-bond donors (Lipinski definition) is 1. The lowest BCUT2D eigenvalue weighted by Gasteiger charge is -2.45. The summed E-state index contributed by atoms with van der Waals surface area (Å²) in [6.07, 6.45) is 0.821. The lowest BCUT2D eigenvalue weighted by Crippen LogP contribution is -2.60. The van der Waals surface area contributed by atoms with Gasteiger partial charge in [0.1, 0.15) is 11.6 Å². The quantitative estimate of drug-likeness (QED) is 0.767. The minimum absolute atomic E-state index is 0.465. The number of β-amino-alcohol motifs (C(OH)–C–C–N with tert-alkyl or cyclic N) is 1. The standard InChI is InChI=1S/C10H18N4O/c1-4-10(15)6-14(7-10)5-9-12-11-8(2)13(9)3/h15H,4-7H2,1-3H3. The summed E-state index contributed by atoms with van der Waals surface area (Å²) in [6.45, 7) is 6.23. The van der Waals surface area contributed by atoms with Crippen LogP contribution in [-0.2, 0) is 13.6 Å². The van der Waals surface area contributed by atoms with Crippen molar-refractivity contribution in [1.82, 2.24) is 19.7 Å². The van der Waals surface area contributed by atoms with Crippen LogP contribution >= 0.6 is 0 Å². The molecule has 2 heterocycles. The number of rotatable bonds is 3. The van der Waals surface area contributed by atoms with Crippen molar-refractivity contribution >= 4 is 0 Å². The van der Waals surface area contributed by atoms with Crippen LogP contribution in [0.25, 0.3) is 0 Å². The zero-order valence-electron chi connectivity index (χ0n) is 9.56. The molecule has 0 bridgehead atoms. The van der Waals surface area contributed by atoms with Crippen LogP contribution in [0.3, 0.4) is 0 Å². The fourth-order valence-corrected chi connectivity index (χ4v) is 1.91. The van der Waals surface area contributed by atoms with E-state index in [0.717, 1.165) is 37.7 Å². The maximum absolute atomic E-state index is 9.86. The largest absolute Gasteiger partial charge is 0.387 e. The maximum Gasteiger partial charge on any atom is 0.146 e. The summed E-state index contributed by atoms with van der Waals surface area (Å²) in [5.41, 5.74) is -0.465. The molecule has 15 heavy (non-hydrogen) atoms. The molecule has 0 spiro atoms. The number of hydrogen-bond acceptors (Lipinski definition) is 4. The molecule has 5 heteroatoms. The van der Waals surface area contributed by atoms with Gasteiger partial charge in [0, 0.05) is 20.1 Å². The number of aromatic nitrogens is 3. The predicted molar refractivity (Wildman–Crippen MR) is 56.3 cm³/mol. The van der Waals surface area contributed by atoms with Crippen LogP contribution in [0.15, 0.2) is 0 Å². The Balaban J connectivity index is 1.93. The van der Waals surface area contributed by atoms with Gasteiger partial charge in [-0.15, -0.1) is 10.2 Å². The Kier molecular flexibility index (Phi) is 2.52. The summed E-state index contributed by atoms with van der Waals surface area (Å²) >= 11 is 0. The molecule has 0 atom stereocenters. The van der Waals surface area contributed by atoms with Crippen LogP contribution in [0, 0.1) is 6.92 Å². The molecule has 1 aliphatic heterocycles. The monoisotopic (exact) mass is 210 g/mol. The van der Waals surface area contributed by atoms with E-state index in [1.165, 1.54) is 0 Å². The molecule has 1 aliphatic rings. The van der Waals surface area contributed by atoms with Crippen molar-refractivity contribution in [3.05, 3.63) is 11.6 Å². The molecule has 0 unspecified atom stereocenters. The SMILES string of the molecule is CCC1(O)CN(Cc2nnc(C)n2C)C1. The second-order valence-electron chi connectivity index (χ2n) is 4.45. The van der Waals surface area contributed by atoms with Crippen LogP contribution in [0.2, 0.25) is 0 Å². The van der Waals surface area contributed by atoms with E-state index in [1.807, 2.05) is 25.5 Å². The maximum atomic E-state index is 9.86. The Labute approximate surface area is 89.7 Å². The van der Waals surface area contributed by atoms with Crippen molar-refractivity contribution in [3.63, 3.8) is 0 Å². The Bertz CT molecular complexity index is 354. The van der Waals surface area contributed by atoms with E-state index in [1.54, 1.807) is 0 Å². The molecule has 0 aliphatic carbocycles. The molecule has 1 aromatic heterocycles. The number of aryl methyl sites for hydroxylation is 1. The number of nitrogens with zero attached hydrogens (tertiary/aromatic N) is 4. The Morgan fingerprint density at radius 3 is 2.53 bits per heavy atom. The highest BCUT2D eigenvalue weighted by atomic mass is 16.3. The summed E-state index contributed by atoms with van der Waals surface area (Å²) in [4.78, 5) is 2.19. The van der Waals surface area contributed by atoms with E-state index in [2.05, 4.69) is 15.1 Å². The molecular formula is C10H18N4O. The first kappa shape index (κ1) is 10.6. The van der Waals surface area contributed by atoms with Gasteiger partial charge in [-0.25, -0.2) is 0 Å². The first-order valence-corrected chi connectivity index (χ1v) is 5.34. The van der Waals surface area contributed by atoms with Crippen LogP contribution in [0.4, 0.5) is 0 Å². The molecule has 0 aromatic carbocycles. The van der Waals surface area contributed by atoms with E-state index in [4.69, 9.17) is 0 Å². The fraction of sp³-hybridized carbons (Fsp3) is 0.800. The summed E-state index contributed by atoms with van der Waals surface area (Å²) in [7, 11) is 1.97. The minimum atomic E-state index is -0.465. The van der Waals surface area contributed by atoms with Crippen molar-refractivity contribution in [1.29, 1.82) is 0 Å². The van der Waals surface area contributed by atoms with Gasteiger partial charge in [0.15, 0.2) is 0 Å². The molecule has 1 N–H and O–H groups in total. The molecule has 1 fully saturated rings. The van der Waals surface area contributed by atoms with Crippen molar-refractivity contribution < 1.29 is 5.11 Å². The van der Waals surface area contributed by atoms with Gasteiger partial charge in [-0.1, -0.05) is 6.92 Å². The van der Waals surface area contributed by atoms with Gasteiger partial charge in [-0.05, 0) is 13.3 Å².